The Hall–Kier alpha value is -2.30. The van der Waals surface area contributed by atoms with Crippen LogP contribution in [0.4, 0.5) is 0 Å². The molecule has 0 aliphatic rings. The van der Waals surface area contributed by atoms with Crippen LogP contribution in [-0.4, -0.2) is 25.7 Å². The van der Waals surface area contributed by atoms with Gasteiger partial charge in [0.2, 0.25) is 0 Å². The van der Waals surface area contributed by atoms with Gasteiger partial charge in [-0.05, 0) is 31.4 Å². The number of carboxylic acids is 1. The van der Waals surface area contributed by atoms with E-state index in [9.17, 15) is 4.79 Å². The van der Waals surface area contributed by atoms with Crippen molar-refractivity contribution in [2.45, 2.75) is 207 Å². The second-order valence-corrected chi connectivity index (χ2v) is 13.9. The molecular formula is C42H74N2O3. The zero-order chi connectivity index (χ0) is 34.0. The van der Waals surface area contributed by atoms with Crippen molar-refractivity contribution in [2.75, 3.05) is 0 Å². The largest absolute Gasteiger partial charge is 0.507 e. The Morgan fingerprint density at radius 3 is 1.34 bits per heavy atom. The number of hydrogen-bond donors (Lipinski definition) is 2. The van der Waals surface area contributed by atoms with E-state index in [-0.39, 0.29) is 11.3 Å². The van der Waals surface area contributed by atoms with E-state index in [1.165, 1.54) is 204 Å². The lowest BCUT2D eigenvalue weighted by Gasteiger charge is -2.04. The van der Waals surface area contributed by atoms with Gasteiger partial charge in [-0.15, -0.1) is 0 Å². The lowest BCUT2D eigenvalue weighted by molar-refractivity contribution is 0.0693. The number of nitrogens with zero attached hydrogens (tertiary/aromatic N) is 2. The number of unbranched alkanes of at least 4 members (excludes halogenated alkanes) is 26. The van der Waals surface area contributed by atoms with Crippen LogP contribution in [-0.2, 0) is 13.0 Å². The molecule has 2 aromatic rings. The second kappa shape index (κ2) is 32.3. The summed E-state index contributed by atoms with van der Waals surface area (Å²) in [5.74, 6) is -1.31. The van der Waals surface area contributed by atoms with Gasteiger partial charge >= 0.3 is 5.97 Å². The first-order chi connectivity index (χ1) is 23.1. The number of aromatic carboxylic acids is 1. The Bertz CT molecular complexity index is 910. The summed E-state index contributed by atoms with van der Waals surface area (Å²) >= 11 is 0. The van der Waals surface area contributed by atoms with E-state index in [0.29, 0.717) is 0 Å². The number of para-hydroxylation sites is 1. The number of hydrogen-bond acceptors (Lipinski definition) is 3. The maximum absolute atomic E-state index is 10.3. The normalized spacial score (nSPS) is 11.0. The number of aromatic hydroxyl groups is 1. The molecule has 0 saturated carbocycles. The molecule has 0 unspecified atom stereocenters. The second-order valence-electron chi connectivity index (χ2n) is 13.9. The molecule has 1 aromatic carbocycles. The molecular weight excluding hydrogens is 580 g/mol. The van der Waals surface area contributed by atoms with Crippen molar-refractivity contribution < 1.29 is 15.0 Å². The zero-order valence-electron chi connectivity index (χ0n) is 30.9. The average molecular weight is 655 g/mol. The number of aromatic nitrogens is 2. The third kappa shape index (κ3) is 26.4. The van der Waals surface area contributed by atoms with Gasteiger partial charge in [-0.2, -0.15) is 0 Å². The Balaban J connectivity index is 0.000000933. The van der Waals surface area contributed by atoms with Crippen LogP contribution in [0.15, 0.2) is 36.8 Å². The lowest BCUT2D eigenvalue weighted by atomic mass is 10.0. The van der Waals surface area contributed by atoms with Crippen LogP contribution < -0.4 is 0 Å². The highest BCUT2D eigenvalue weighted by atomic mass is 16.4. The number of benzene rings is 1. The van der Waals surface area contributed by atoms with Gasteiger partial charge in [0.1, 0.15) is 11.3 Å². The topological polar surface area (TPSA) is 75.4 Å². The SMILES string of the molecule is CCCCCCCCCCCCCCCCc1cn(CCCCCCCCCCCCCCCC)cn1.O=C(O)c1ccccc1O. The summed E-state index contributed by atoms with van der Waals surface area (Å²) in [5.41, 5.74) is 1.24. The van der Waals surface area contributed by atoms with Crippen molar-refractivity contribution in [1.29, 1.82) is 0 Å². The number of imidazole rings is 1. The summed E-state index contributed by atoms with van der Waals surface area (Å²) in [4.78, 5) is 14.9. The highest BCUT2D eigenvalue weighted by Gasteiger charge is 2.06. The van der Waals surface area contributed by atoms with Crippen molar-refractivity contribution in [3.05, 3.63) is 48.0 Å². The molecule has 2 rings (SSSR count). The van der Waals surface area contributed by atoms with Crippen molar-refractivity contribution in [3.8, 4) is 5.75 Å². The van der Waals surface area contributed by atoms with Crippen LogP contribution in [0.2, 0.25) is 0 Å². The van der Waals surface area contributed by atoms with Gasteiger partial charge < -0.3 is 14.8 Å². The van der Waals surface area contributed by atoms with Crippen LogP contribution >= 0.6 is 0 Å². The molecule has 1 heterocycles. The standard InChI is InChI=1S/C35H68N2.C7H6O3/c1-3-5-7-9-11-13-15-17-19-21-23-25-27-29-31-35-33-37(34-36-35)32-30-28-26-24-22-20-18-16-14-12-10-8-6-4-2;8-6-4-2-1-3-5(6)7(9)10/h33-34H,3-32H2,1-2H3;1-4,8H,(H,9,10). The highest BCUT2D eigenvalue weighted by molar-refractivity contribution is 5.90. The fourth-order valence-electron chi connectivity index (χ4n) is 6.30. The first kappa shape index (κ1) is 42.7. The molecule has 0 saturated heterocycles. The van der Waals surface area contributed by atoms with Gasteiger partial charge in [0.15, 0.2) is 0 Å². The summed E-state index contributed by atoms with van der Waals surface area (Å²) in [5, 5.41) is 17.3. The lowest BCUT2D eigenvalue weighted by Crippen LogP contribution is -1.95. The quantitative estimate of drug-likeness (QED) is 0.0793. The Kier molecular flexibility index (Phi) is 29.3. The van der Waals surface area contributed by atoms with Gasteiger partial charge in [0, 0.05) is 12.7 Å². The van der Waals surface area contributed by atoms with E-state index in [4.69, 9.17) is 10.2 Å². The molecule has 5 heteroatoms. The molecule has 47 heavy (non-hydrogen) atoms. The summed E-state index contributed by atoms with van der Waals surface area (Å²) in [6.45, 7) is 5.76. The van der Waals surface area contributed by atoms with Gasteiger partial charge in [0.25, 0.3) is 0 Å². The Morgan fingerprint density at radius 2 is 0.957 bits per heavy atom. The molecule has 2 N–H and O–H groups in total. The highest BCUT2D eigenvalue weighted by Crippen LogP contribution is 2.16. The molecule has 0 aliphatic heterocycles. The third-order valence-electron chi connectivity index (χ3n) is 9.38. The molecule has 0 fully saturated rings. The molecule has 0 atom stereocenters. The minimum atomic E-state index is -1.11. The van der Waals surface area contributed by atoms with E-state index in [1.807, 2.05) is 0 Å². The van der Waals surface area contributed by atoms with E-state index < -0.39 is 5.97 Å². The Labute approximate surface area is 290 Å². The first-order valence-corrected chi connectivity index (χ1v) is 20.1. The fraction of sp³-hybridized carbons (Fsp3) is 0.762. The van der Waals surface area contributed by atoms with Crippen LogP contribution in [0.25, 0.3) is 0 Å². The number of aryl methyl sites for hydroxylation is 2. The molecule has 5 nitrogen and oxygen atoms in total. The fourth-order valence-corrected chi connectivity index (χ4v) is 6.30. The van der Waals surface area contributed by atoms with Crippen LogP contribution in [0.1, 0.15) is 210 Å². The van der Waals surface area contributed by atoms with Crippen molar-refractivity contribution >= 4 is 5.97 Å². The smallest absolute Gasteiger partial charge is 0.339 e. The van der Waals surface area contributed by atoms with Gasteiger partial charge in [0.05, 0.1) is 12.0 Å². The maximum atomic E-state index is 10.3. The van der Waals surface area contributed by atoms with E-state index in [2.05, 4.69) is 35.9 Å². The van der Waals surface area contributed by atoms with Gasteiger partial charge in [-0.1, -0.05) is 193 Å². The van der Waals surface area contributed by atoms with Crippen molar-refractivity contribution in [3.63, 3.8) is 0 Å². The number of rotatable bonds is 31. The summed E-state index contributed by atoms with van der Waals surface area (Å²) in [6, 6.07) is 5.81. The first-order valence-electron chi connectivity index (χ1n) is 20.1. The third-order valence-corrected chi connectivity index (χ3v) is 9.38. The van der Waals surface area contributed by atoms with Crippen molar-refractivity contribution in [2.24, 2.45) is 0 Å². The summed E-state index contributed by atoms with van der Waals surface area (Å²) in [7, 11) is 0. The molecule has 1 aromatic heterocycles. The summed E-state index contributed by atoms with van der Waals surface area (Å²) in [6.07, 6.45) is 45.6. The van der Waals surface area contributed by atoms with Crippen molar-refractivity contribution in [1.82, 2.24) is 9.55 Å². The number of carbonyl (C=O) groups is 1. The zero-order valence-corrected chi connectivity index (χ0v) is 30.9. The molecule has 0 bridgehead atoms. The molecule has 270 valence electrons. The Morgan fingerprint density at radius 1 is 0.574 bits per heavy atom. The number of carboxylic acid groups (broad SMARTS) is 1. The molecule has 0 radical (unpaired) electrons. The molecule has 0 amide bonds. The monoisotopic (exact) mass is 655 g/mol. The van der Waals surface area contributed by atoms with Gasteiger partial charge in [-0.3, -0.25) is 0 Å². The minimum absolute atomic E-state index is 0.0671. The summed E-state index contributed by atoms with van der Waals surface area (Å²) < 4.78 is 2.33. The van der Waals surface area contributed by atoms with Crippen LogP contribution in [0, 0.1) is 0 Å². The van der Waals surface area contributed by atoms with E-state index >= 15 is 0 Å². The van der Waals surface area contributed by atoms with Crippen LogP contribution in [0.3, 0.4) is 0 Å². The minimum Gasteiger partial charge on any atom is -0.507 e. The van der Waals surface area contributed by atoms with Crippen LogP contribution in [0.5, 0.6) is 5.75 Å². The number of phenols is 1. The van der Waals surface area contributed by atoms with E-state index in [0.717, 1.165) is 6.54 Å². The molecule has 0 spiro atoms. The predicted molar refractivity (Wildman–Crippen MR) is 202 cm³/mol. The average Bonchev–Trinajstić information content (AvgIpc) is 3.53. The van der Waals surface area contributed by atoms with E-state index in [1.54, 1.807) is 12.1 Å². The predicted octanol–water partition coefficient (Wildman–Crippen LogP) is 13.5. The molecule has 0 aliphatic carbocycles. The maximum Gasteiger partial charge on any atom is 0.339 e. The van der Waals surface area contributed by atoms with Gasteiger partial charge in [-0.25, -0.2) is 9.78 Å².